The van der Waals surface area contributed by atoms with Crippen LogP contribution in [0.3, 0.4) is 0 Å². The third kappa shape index (κ3) is 5.96. The predicted molar refractivity (Wildman–Crippen MR) is 144 cm³/mol. The van der Waals surface area contributed by atoms with Crippen LogP contribution in [0, 0.1) is 10.1 Å². The number of benzene rings is 3. The summed E-state index contributed by atoms with van der Waals surface area (Å²) in [5, 5.41) is 20.1. The van der Waals surface area contributed by atoms with E-state index in [1.54, 1.807) is 48.5 Å². The van der Waals surface area contributed by atoms with E-state index in [0.29, 0.717) is 38.6 Å². The number of hydrogen-bond donors (Lipinski definition) is 1. The minimum atomic E-state index is -1.10. The van der Waals surface area contributed by atoms with Gasteiger partial charge in [-0.05, 0) is 66.6 Å². The number of carbonyl (C=O) groups is 2. The summed E-state index contributed by atoms with van der Waals surface area (Å²) in [6.45, 7) is 2.41. The first-order valence-corrected chi connectivity index (χ1v) is 12.2. The fraction of sp³-hybridized carbons (Fsp3) is 0.115. The minimum Gasteiger partial charge on any atom is -0.490 e. The number of ether oxygens (including phenoxy) is 2. The molecule has 4 rings (SSSR count). The highest BCUT2D eigenvalue weighted by Crippen LogP contribution is 2.37. The number of nitrogens with zero attached hydrogens (tertiary/aromatic N) is 2. The number of thiocarbonyl (C=S) groups is 1. The van der Waals surface area contributed by atoms with Gasteiger partial charge in [-0.15, -0.1) is 0 Å². The van der Waals surface area contributed by atoms with Crippen LogP contribution in [0.5, 0.6) is 11.5 Å². The highest BCUT2D eigenvalue weighted by Gasteiger charge is 2.33. The molecule has 9 nitrogen and oxygen atoms in total. The van der Waals surface area contributed by atoms with Crippen LogP contribution in [0.15, 0.2) is 71.6 Å². The van der Waals surface area contributed by atoms with Gasteiger partial charge in [-0.25, -0.2) is 4.79 Å². The van der Waals surface area contributed by atoms with Crippen LogP contribution in [0.4, 0.5) is 11.4 Å². The molecule has 1 N–H and O–H groups in total. The molecule has 0 bridgehead atoms. The molecule has 11 heteroatoms. The van der Waals surface area contributed by atoms with E-state index in [1.165, 1.54) is 29.2 Å². The van der Waals surface area contributed by atoms with Gasteiger partial charge in [0.1, 0.15) is 6.61 Å². The highest BCUT2D eigenvalue weighted by molar-refractivity contribution is 8.27. The van der Waals surface area contributed by atoms with Crippen LogP contribution in [0.1, 0.15) is 28.4 Å². The van der Waals surface area contributed by atoms with E-state index < -0.39 is 10.9 Å². The summed E-state index contributed by atoms with van der Waals surface area (Å²) in [4.78, 5) is 36.5. The summed E-state index contributed by atoms with van der Waals surface area (Å²) < 4.78 is 11.9. The number of anilines is 1. The van der Waals surface area contributed by atoms with E-state index >= 15 is 0 Å². The van der Waals surface area contributed by atoms with Gasteiger partial charge in [0, 0.05) is 12.1 Å². The first kappa shape index (κ1) is 25.9. The first-order valence-electron chi connectivity index (χ1n) is 11.0. The van der Waals surface area contributed by atoms with E-state index in [9.17, 15) is 24.8 Å². The quantitative estimate of drug-likeness (QED) is 0.159. The molecule has 1 amide bonds. The second-order valence-corrected chi connectivity index (χ2v) is 9.40. The predicted octanol–water partition coefficient (Wildman–Crippen LogP) is 5.68. The molecule has 3 aromatic rings. The molecule has 1 aliphatic heterocycles. The van der Waals surface area contributed by atoms with Crippen molar-refractivity contribution < 1.29 is 29.1 Å². The second-order valence-electron chi connectivity index (χ2n) is 7.72. The Bertz CT molecular complexity index is 1420. The molecule has 0 radical (unpaired) electrons. The number of nitro benzene ring substituents is 1. The van der Waals surface area contributed by atoms with E-state index in [2.05, 4.69) is 0 Å². The molecule has 0 unspecified atom stereocenters. The van der Waals surface area contributed by atoms with E-state index in [0.717, 1.165) is 17.3 Å². The Hall–Kier alpha value is -4.22. The van der Waals surface area contributed by atoms with Crippen molar-refractivity contribution >= 4 is 57.6 Å². The van der Waals surface area contributed by atoms with Gasteiger partial charge in [0.15, 0.2) is 15.8 Å². The second kappa shape index (κ2) is 11.2. The van der Waals surface area contributed by atoms with Crippen molar-refractivity contribution in [3.8, 4) is 11.5 Å². The number of amides is 1. The summed E-state index contributed by atoms with van der Waals surface area (Å²) >= 11 is 6.51. The van der Waals surface area contributed by atoms with Crippen LogP contribution >= 0.6 is 24.0 Å². The number of carboxylic acids is 1. The third-order valence-electron chi connectivity index (χ3n) is 5.25. The number of nitro groups is 1. The summed E-state index contributed by atoms with van der Waals surface area (Å²) in [6, 6.07) is 17.4. The first-order chi connectivity index (χ1) is 17.8. The van der Waals surface area contributed by atoms with Crippen molar-refractivity contribution in [1.82, 2.24) is 0 Å². The molecule has 3 aromatic carbocycles. The number of hydrogen-bond acceptors (Lipinski definition) is 8. The van der Waals surface area contributed by atoms with Gasteiger partial charge in [-0.2, -0.15) is 0 Å². The van der Waals surface area contributed by atoms with Crippen molar-refractivity contribution in [2.75, 3.05) is 11.5 Å². The molecular formula is C26H20N2O7S2. The van der Waals surface area contributed by atoms with Crippen molar-refractivity contribution in [3.05, 3.63) is 98.4 Å². The topological polar surface area (TPSA) is 119 Å². The average Bonchev–Trinajstić information content (AvgIpc) is 3.16. The maximum absolute atomic E-state index is 13.1. The molecule has 0 saturated carbocycles. The molecule has 0 atom stereocenters. The van der Waals surface area contributed by atoms with Crippen LogP contribution < -0.4 is 14.4 Å². The Morgan fingerprint density at radius 2 is 1.86 bits per heavy atom. The molecule has 188 valence electrons. The molecule has 1 heterocycles. The van der Waals surface area contributed by atoms with Gasteiger partial charge in [0.05, 0.1) is 27.7 Å². The number of non-ortho nitro benzene ring substituents is 1. The normalized spacial score (nSPS) is 14.2. The third-order valence-corrected chi connectivity index (χ3v) is 6.55. The molecule has 37 heavy (non-hydrogen) atoms. The zero-order valence-electron chi connectivity index (χ0n) is 19.5. The lowest BCUT2D eigenvalue weighted by molar-refractivity contribution is -0.384. The van der Waals surface area contributed by atoms with Gasteiger partial charge < -0.3 is 14.6 Å². The van der Waals surface area contributed by atoms with E-state index in [4.69, 9.17) is 21.7 Å². The lowest BCUT2D eigenvalue weighted by atomic mass is 10.1. The van der Waals surface area contributed by atoms with Crippen LogP contribution in [-0.2, 0) is 11.4 Å². The molecule has 0 spiro atoms. The molecule has 1 fully saturated rings. The monoisotopic (exact) mass is 536 g/mol. The van der Waals surface area contributed by atoms with Gasteiger partial charge >= 0.3 is 5.97 Å². The van der Waals surface area contributed by atoms with Crippen LogP contribution in [0.2, 0.25) is 0 Å². The van der Waals surface area contributed by atoms with Gasteiger partial charge in [0.25, 0.3) is 11.6 Å². The maximum atomic E-state index is 13.1. The van der Waals surface area contributed by atoms with Crippen LogP contribution in [-0.4, -0.2) is 32.8 Å². The zero-order chi connectivity index (χ0) is 26.5. The number of thioether (sulfide) groups is 1. The van der Waals surface area contributed by atoms with Crippen molar-refractivity contribution in [1.29, 1.82) is 0 Å². The van der Waals surface area contributed by atoms with E-state index in [-0.39, 0.29) is 23.8 Å². The Balaban J connectivity index is 1.53. The fourth-order valence-electron chi connectivity index (χ4n) is 3.50. The standard InChI is InChI=1S/C26H20N2O7S2/c1-2-34-22-12-17(8-11-21(22)35-15-16-6-9-19(10-7-16)28(32)33)13-23-24(29)27(26(36)37-23)20-5-3-4-18(14-20)25(30)31/h3-14H,2,15H2,1H3,(H,30,31)/b23-13+. The number of aromatic carboxylic acids is 1. The Morgan fingerprint density at radius 1 is 1.11 bits per heavy atom. The summed E-state index contributed by atoms with van der Waals surface area (Å²) in [5.41, 5.74) is 1.89. The number of rotatable bonds is 9. The smallest absolute Gasteiger partial charge is 0.335 e. The molecule has 1 aliphatic rings. The number of carbonyl (C=O) groups excluding carboxylic acids is 1. The van der Waals surface area contributed by atoms with E-state index in [1.807, 2.05) is 6.92 Å². The van der Waals surface area contributed by atoms with Gasteiger partial charge in [0.2, 0.25) is 0 Å². The molecule has 1 saturated heterocycles. The van der Waals surface area contributed by atoms with Gasteiger partial charge in [-0.3, -0.25) is 19.8 Å². The highest BCUT2D eigenvalue weighted by atomic mass is 32.2. The number of carboxylic acid groups (broad SMARTS) is 1. The minimum absolute atomic E-state index is 0.00288. The maximum Gasteiger partial charge on any atom is 0.335 e. The fourth-order valence-corrected chi connectivity index (χ4v) is 4.80. The van der Waals surface area contributed by atoms with Crippen LogP contribution in [0.25, 0.3) is 6.08 Å². The Kier molecular flexibility index (Phi) is 7.85. The lowest BCUT2D eigenvalue weighted by Crippen LogP contribution is -2.27. The Labute approximate surface area is 221 Å². The lowest BCUT2D eigenvalue weighted by Gasteiger charge is -2.15. The molecular weight excluding hydrogens is 516 g/mol. The van der Waals surface area contributed by atoms with Crippen molar-refractivity contribution in [2.45, 2.75) is 13.5 Å². The SMILES string of the molecule is CCOc1cc(/C=C2/SC(=S)N(c3cccc(C(=O)O)c3)C2=O)ccc1OCc1ccc([N+](=O)[O-])cc1. The largest absolute Gasteiger partial charge is 0.490 e. The van der Waals surface area contributed by atoms with Gasteiger partial charge in [-0.1, -0.05) is 36.1 Å². The average molecular weight is 537 g/mol. The molecule has 0 aliphatic carbocycles. The summed E-state index contributed by atoms with van der Waals surface area (Å²) in [7, 11) is 0. The summed E-state index contributed by atoms with van der Waals surface area (Å²) in [5.74, 6) is -0.491. The molecule has 0 aromatic heterocycles. The zero-order valence-corrected chi connectivity index (χ0v) is 21.1. The van der Waals surface area contributed by atoms with Crippen molar-refractivity contribution in [2.24, 2.45) is 0 Å². The summed E-state index contributed by atoms with van der Waals surface area (Å²) in [6.07, 6.45) is 1.68. The Morgan fingerprint density at radius 3 is 2.54 bits per heavy atom. The van der Waals surface area contributed by atoms with Crippen molar-refractivity contribution in [3.63, 3.8) is 0 Å².